The average Bonchev–Trinajstić information content (AvgIpc) is 3.13. The van der Waals surface area contributed by atoms with Gasteiger partial charge in [-0.25, -0.2) is 0 Å². The van der Waals surface area contributed by atoms with E-state index in [1.165, 1.54) is 36.4 Å². The van der Waals surface area contributed by atoms with Gasteiger partial charge in [0.25, 0.3) is 20.2 Å². The monoisotopic (exact) mass is 778 g/mol. The van der Waals surface area contributed by atoms with Crippen LogP contribution in [0.2, 0.25) is 0 Å². The Morgan fingerprint density at radius 2 is 0.981 bits per heavy atom. The predicted molar refractivity (Wildman–Crippen MR) is 204 cm³/mol. The van der Waals surface area contributed by atoms with Crippen molar-refractivity contribution in [2.45, 2.75) is 37.5 Å². The van der Waals surface area contributed by atoms with Crippen LogP contribution in [0.5, 0.6) is 0 Å². The topological polar surface area (TPSA) is 251 Å². The van der Waals surface area contributed by atoms with Gasteiger partial charge in [-0.05, 0) is 63.1 Å². The molecular formula is C34H38N10O8S2. The molecule has 284 valence electrons. The third kappa shape index (κ3) is 9.92. The second-order valence-electron chi connectivity index (χ2n) is 11.1. The highest BCUT2D eigenvalue weighted by atomic mass is 32.2. The minimum absolute atomic E-state index is 0.0226. The summed E-state index contributed by atoms with van der Waals surface area (Å²) < 4.78 is 71.0. The van der Waals surface area contributed by atoms with E-state index in [1.54, 1.807) is 9.80 Å². The summed E-state index contributed by atoms with van der Waals surface area (Å²) in [5.74, 6) is -1.07. The van der Waals surface area contributed by atoms with E-state index in [0.717, 1.165) is 24.3 Å². The molecule has 18 nitrogen and oxygen atoms in total. The highest BCUT2D eigenvalue weighted by Gasteiger charge is 2.22. The van der Waals surface area contributed by atoms with Gasteiger partial charge in [-0.2, -0.15) is 46.7 Å². The first-order valence-corrected chi connectivity index (χ1v) is 19.2. The van der Waals surface area contributed by atoms with Crippen LogP contribution in [0, 0.1) is 0 Å². The number of hydrogen-bond acceptors (Lipinski definition) is 14. The second-order valence-corrected chi connectivity index (χ2v) is 13.9. The maximum absolute atomic E-state index is 12.6. The molecule has 0 saturated carbocycles. The fourth-order valence-electron chi connectivity index (χ4n) is 4.97. The van der Waals surface area contributed by atoms with Crippen molar-refractivity contribution in [2.24, 2.45) is 0 Å². The largest absolute Gasteiger partial charge is 0.341 e. The summed E-state index contributed by atoms with van der Waals surface area (Å²) >= 11 is 0. The van der Waals surface area contributed by atoms with Crippen molar-refractivity contribution in [3.05, 3.63) is 72.8 Å². The Morgan fingerprint density at radius 1 is 0.630 bits per heavy atom. The first-order valence-electron chi connectivity index (χ1n) is 16.4. The molecule has 0 bridgehead atoms. The average molecular weight is 779 g/mol. The fraction of sp³-hybridized carbons (Fsp3) is 0.235. The summed E-state index contributed by atoms with van der Waals surface area (Å²) in [6, 6.07) is 7.80. The molecule has 0 aliphatic rings. The van der Waals surface area contributed by atoms with Gasteiger partial charge < -0.3 is 9.80 Å². The van der Waals surface area contributed by atoms with Gasteiger partial charge in [0, 0.05) is 37.3 Å². The number of nitrogens with zero attached hydrogens (tertiary/aromatic N) is 8. The Balaban J connectivity index is 1.82. The van der Waals surface area contributed by atoms with Gasteiger partial charge in [-0.1, -0.05) is 49.6 Å². The van der Waals surface area contributed by atoms with Gasteiger partial charge in [0.05, 0.1) is 0 Å². The maximum atomic E-state index is 12.6. The lowest BCUT2D eigenvalue weighted by atomic mass is 10.1. The van der Waals surface area contributed by atoms with Crippen LogP contribution in [0.1, 0.15) is 38.8 Å². The third-order valence-electron chi connectivity index (χ3n) is 7.72. The van der Waals surface area contributed by atoms with Gasteiger partial charge in [0.1, 0.15) is 9.79 Å². The van der Waals surface area contributed by atoms with Crippen molar-refractivity contribution in [2.75, 3.05) is 46.6 Å². The van der Waals surface area contributed by atoms with Crippen LogP contribution >= 0.6 is 0 Å². The minimum atomic E-state index is -4.89. The lowest BCUT2D eigenvalue weighted by Crippen LogP contribution is -2.25. The minimum Gasteiger partial charge on any atom is -0.341 e. The van der Waals surface area contributed by atoms with E-state index >= 15 is 0 Å². The maximum Gasteiger partial charge on any atom is 0.295 e. The first kappa shape index (κ1) is 40.8. The van der Waals surface area contributed by atoms with E-state index in [2.05, 4.69) is 53.7 Å². The standard InChI is InChI=1S/C34H38N10O8S2/c1-7-27(45)35-31-37-29(39-33(41-31)43(9-3)10-4)23-17-15-21(25(19-23)53(47,48)49)13-14-22-16-18-24(20-26(22)54(50,51)52)30-38-32(36-28(46)8-2)42-34(40-30)44(11-5)12-6/h7-8,13-20H,1-2,9-12H2,3-6H3,(H,47,48,49)(H,50,51,52)(H,35,37,39,41,45)(H,36,38,40,42,46)/b14-13+. The molecule has 2 amide bonds. The molecule has 0 unspecified atom stereocenters. The number of hydrogen-bond donors (Lipinski definition) is 4. The molecule has 54 heavy (non-hydrogen) atoms. The number of nitrogens with one attached hydrogen (secondary N) is 2. The molecule has 20 heteroatoms. The zero-order valence-corrected chi connectivity index (χ0v) is 31.4. The van der Waals surface area contributed by atoms with Crippen LogP contribution in [0.3, 0.4) is 0 Å². The zero-order chi connectivity index (χ0) is 39.8. The number of carbonyl (C=O) groups excluding carboxylic acids is 2. The number of benzene rings is 2. The molecule has 0 fully saturated rings. The second kappa shape index (κ2) is 17.2. The number of amides is 2. The van der Waals surface area contributed by atoms with Gasteiger partial charge in [0.15, 0.2) is 11.6 Å². The molecule has 4 aromatic rings. The predicted octanol–water partition coefficient (Wildman–Crippen LogP) is 4.00. The normalized spacial score (nSPS) is 11.6. The molecule has 0 saturated heterocycles. The van der Waals surface area contributed by atoms with E-state index in [1.807, 2.05) is 27.7 Å². The van der Waals surface area contributed by atoms with E-state index in [9.17, 15) is 35.5 Å². The molecule has 2 heterocycles. The molecule has 4 rings (SSSR count). The van der Waals surface area contributed by atoms with Gasteiger partial charge in [-0.3, -0.25) is 29.3 Å². The quantitative estimate of drug-likeness (QED) is 0.0713. The van der Waals surface area contributed by atoms with Crippen LogP contribution < -0.4 is 20.4 Å². The van der Waals surface area contributed by atoms with Crippen LogP contribution in [-0.4, -0.2) is 93.8 Å². The van der Waals surface area contributed by atoms with Crippen molar-refractivity contribution < 1.29 is 35.5 Å². The summed E-state index contributed by atoms with van der Waals surface area (Å²) in [7, 11) is -9.79. The van der Waals surface area contributed by atoms with E-state index in [0.29, 0.717) is 26.2 Å². The van der Waals surface area contributed by atoms with Crippen molar-refractivity contribution in [3.8, 4) is 22.8 Å². The zero-order valence-electron chi connectivity index (χ0n) is 29.8. The Kier molecular flexibility index (Phi) is 13.0. The van der Waals surface area contributed by atoms with Crippen molar-refractivity contribution in [3.63, 3.8) is 0 Å². The summed E-state index contributed by atoms with van der Waals surface area (Å²) in [4.78, 5) is 52.4. The number of aromatic nitrogens is 6. The highest BCUT2D eigenvalue weighted by Crippen LogP contribution is 2.30. The van der Waals surface area contributed by atoms with Crippen molar-refractivity contribution in [1.29, 1.82) is 0 Å². The lowest BCUT2D eigenvalue weighted by molar-refractivity contribution is -0.112. The molecule has 2 aromatic heterocycles. The van der Waals surface area contributed by atoms with Crippen LogP contribution in [0.15, 0.2) is 71.5 Å². The fourth-order valence-corrected chi connectivity index (χ4v) is 6.39. The van der Waals surface area contributed by atoms with E-state index in [-0.39, 0.29) is 57.7 Å². The Labute approximate surface area is 312 Å². The third-order valence-corrected chi connectivity index (χ3v) is 9.54. The molecule has 2 aromatic carbocycles. The summed E-state index contributed by atoms with van der Waals surface area (Å²) in [6.07, 6.45) is 4.51. The van der Waals surface area contributed by atoms with E-state index < -0.39 is 41.8 Å². The molecule has 0 atom stereocenters. The van der Waals surface area contributed by atoms with Crippen molar-refractivity contribution >= 4 is 68.0 Å². The highest BCUT2D eigenvalue weighted by molar-refractivity contribution is 7.86. The first-order chi connectivity index (χ1) is 25.5. The van der Waals surface area contributed by atoms with Gasteiger partial charge >= 0.3 is 0 Å². The molecular weight excluding hydrogens is 741 g/mol. The molecule has 4 N–H and O–H groups in total. The smallest absolute Gasteiger partial charge is 0.295 e. The molecule has 0 aliphatic heterocycles. The summed E-state index contributed by atoms with van der Waals surface area (Å²) in [5, 5.41) is 4.94. The molecule has 0 radical (unpaired) electrons. The number of rotatable bonds is 16. The van der Waals surface area contributed by atoms with Gasteiger partial charge in [0.2, 0.25) is 35.6 Å². The lowest BCUT2D eigenvalue weighted by Gasteiger charge is -2.19. The molecule has 0 aliphatic carbocycles. The SMILES string of the molecule is C=CC(=O)Nc1nc(-c2ccc(/C=C/c3ccc(-c4nc(NC(=O)C=C)nc(N(CC)CC)n4)cc3S(=O)(=O)O)c(S(=O)(=O)O)c2)nc(N(CC)CC)n1. The summed E-state index contributed by atoms with van der Waals surface area (Å²) in [6.45, 7) is 16.3. The Bertz CT molecular complexity index is 2180. The molecule has 0 spiro atoms. The van der Waals surface area contributed by atoms with Crippen LogP contribution in [0.4, 0.5) is 23.8 Å². The number of carbonyl (C=O) groups is 2. The van der Waals surface area contributed by atoms with Crippen LogP contribution in [0.25, 0.3) is 34.9 Å². The van der Waals surface area contributed by atoms with Crippen molar-refractivity contribution in [1.82, 2.24) is 29.9 Å². The van der Waals surface area contributed by atoms with Gasteiger partial charge in [-0.15, -0.1) is 0 Å². The number of anilines is 4. The Morgan fingerprint density at radius 3 is 1.28 bits per heavy atom. The van der Waals surface area contributed by atoms with Crippen LogP contribution in [-0.2, 0) is 29.8 Å². The Hall–Kier alpha value is -5.96. The van der Waals surface area contributed by atoms with E-state index in [4.69, 9.17) is 0 Å². The summed E-state index contributed by atoms with van der Waals surface area (Å²) in [5.41, 5.74) is 0.151.